The molecule has 0 radical (unpaired) electrons. The molecule has 0 aliphatic heterocycles. The minimum absolute atomic E-state index is 0.448. The Morgan fingerprint density at radius 1 is 1.24 bits per heavy atom. The second kappa shape index (κ2) is 7.23. The van der Waals surface area contributed by atoms with Crippen molar-refractivity contribution in [3.05, 3.63) is 51.8 Å². The van der Waals surface area contributed by atoms with Crippen molar-refractivity contribution < 1.29 is 5.11 Å². The average molecular weight is 351 g/mol. The number of hydrogen-bond donors (Lipinski definition) is 1. The van der Waals surface area contributed by atoms with E-state index in [0.29, 0.717) is 12.5 Å². The summed E-state index contributed by atoms with van der Waals surface area (Å²) in [6.45, 7) is 6.37. The van der Waals surface area contributed by atoms with Crippen LogP contribution in [0.15, 0.2) is 34.9 Å². The molecule has 1 heterocycles. The van der Waals surface area contributed by atoms with Gasteiger partial charge in [-0.15, -0.1) is 0 Å². The number of benzene rings is 1. The first kappa shape index (κ1) is 16.2. The SMILES string of the molecule is CCC(CC)n1ccc(CC(O)c2cccc(Br)c2C)n1. The Hall–Kier alpha value is -1.13. The standard InChI is InChI=1S/C17H23BrN2O/c1-4-14(5-2)20-10-9-13(19-20)11-17(21)15-7-6-8-16(18)12(15)3/h6-10,14,17,21H,4-5,11H2,1-3H3. The van der Waals surface area contributed by atoms with Gasteiger partial charge in [0.15, 0.2) is 0 Å². The average Bonchev–Trinajstić information content (AvgIpc) is 2.91. The van der Waals surface area contributed by atoms with Gasteiger partial charge < -0.3 is 5.11 Å². The molecule has 0 fully saturated rings. The fourth-order valence-electron chi connectivity index (χ4n) is 2.65. The van der Waals surface area contributed by atoms with Crippen LogP contribution < -0.4 is 0 Å². The normalized spacial score (nSPS) is 12.9. The summed E-state index contributed by atoms with van der Waals surface area (Å²) in [5.41, 5.74) is 2.99. The number of halogens is 1. The smallest absolute Gasteiger partial charge is 0.0849 e. The zero-order valence-electron chi connectivity index (χ0n) is 12.9. The summed E-state index contributed by atoms with van der Waals surface area (Å²) in [4.78, 5) is 0. The van der Waals surface area contributed by atoms with Crippen molar-refractivity contribution in [3.8, 4) is 0 Å². The van der Waals surface area contributed by atoms with Crippen molar-refractivity contribution in [2.45, 2.75) is 52.2 Å². The molecule has 0 spiro atoms. The summed E-state index contributed by atoms with van der Waals surface area (Å²) in [6.07, 6.45) is 4.20. The summed E-state index contributed by atoms with van der Waals surface area (Å²) < 4.78 is 3.05. The van der Waals surface area contributed by atoms with Gasteiger partial charge in [0.05, 0.1) is 17.8 Å². The van der Waals surface area contributed by atoms with Crippen molar-refractivity contribution in [1.82, 2.24) is 9.78 Å². The van der Waals surface area contributed by atoms with Crippen molar-refractivity contribution in [2.75, 3.05) is 0 Å². The van der Waals surface area contributed by atoms with Crippen molar-refractivity contribution in [1.29, 1.82) is 0 Å². The van der Waals surface area contributed by atoms with E-state index in [2.05, 4.69) is 34.9 Å². The van der Waals surface area contributed by atoms with Crippen molar-refractivity contribution in [3.63, 3.8) is 0 Å². The fraction of sp³-hybridized carbons (Fsp3) is 0.471. The number of hydrogen-bond acceptors (Lipinski definition) is 2. The summed E-state index contributed by atoms with van der Waals surface area (Å²) in [5.74, 6) is 0. The predicted molar refractivity (Wildman–Crippen MR) is 89.4 cm³/mol. The lowest BCUT2D eigenvalue weighted by molar-refractivity contribution is 0.176. The molecule has 0 aliphatic rings. The highest BCUT2D eigenvalue weighted by Gasteiger charge is 2.15. The third kappa shape index (κ3) is 3.74. The van der Waals surface area contributed by atoms with Crippen LogP contribution in [0.5, 0.6) is 0 Å². The number of aromatic nitrogens is 2. The second-order valence-corrected chi connectivity index (χ2v) is 6.29. The maximum Gasteiger partial charge on any atom is 0.0849 e. The van der Waals surface area contributed by atoms with E-state index in [1.54, 1.807) is 0 Å². The lowest BCUT2D eigenvalue weighted by Crippen LogP contribution is -2.09. The maximum absolute atomic E-state index is 10.5. The van der Waals surface area contributed by atoms with E-state index in [1.807, 2.05) is 42.1 Å². The molecule has 0 amide bonds. The molecule has 0 aliphatic carbocycles. The molecule has 114 valence electrons. The zero-order chi connectivity index (χ0) is 15.4. The van der Waals surface area contributed by atoms with Crippen LogP contribution in [0.1, 0.15) is 55.7 Å². The van der Waals surface area contributed by atoms with Gasteiger partial charge in [-0.3, -0.25) is 4.68 Å². The van der Waals surface area contributed by atoms with Crippen LogP contribution in [-0.4, -0.2) is 14.9 Å². The Morgan fingerprint density at radius 2 is 1.95 bits per heavy atom. The van der Waals surface area contributed by atoms with Crippen LogP contribution >= 0.6 is 15.9 Å². The number of nitrogens with zero attached hydrogens (tertiary/aromatic N) is 2. The fourth-order valence-corrected chi connectivity index (χ4v) is 3.03. The number of rotatable bonds is 6. The van der Waals surface area contributed by atoms with Gasteiger partial charge in [-0.25, -0.2) is 0 Å². The van der Waals surface area contributed by atoms with Gasteiger partial charge in [0.1, 0.15) is 0 Å². The van der Waals surface area contributed by atoms with E-state index in [-0.39, 0.29) is 0 Å². The first-order valence-electron chi connectivity index (χ1n) is 7.53. The molecule has 3 nitrogen and oxygen atoms in total. The molecule has 0 saturated heterocycles. The maximum atomic E-state index is 10.5. The second-order valence-electron chi connectivity index (χ2n) is 5.43. The Bertz CT molecular complexity index is 590. The molecule has 4 heteroatoms. The molecule has 0 saturated carbocycles. The van der Waals surface area contributed by atoms with E-state index < -0.39 is 6.10 Å². The molecular weight excluding hydrogens is 328 g/mol. The van der Waals surface area contributed by atoms with Crippen molar-refractivity contribution in [2.24, 2.45) is 0 Å². The molecule has 1 aromatic heterocycles. The summed E-state index contributed by atoms with van der Waals surface area (Å²) in [5, 5.41) is 15.1. The van der Waals surface area contributed by atoms with Crippen LogP contribution in [0.4, 0.5) is 0 Å². The summed E-state index contributed by atoms with van der Waals surface area (Å²) >= 11 is 3.51. The van der Waals surface area contributed by atoms with E-state index in [1.165, 1.54) is 0 Å². The van der Waals surface area contributed by atoms with E-state index in [4.69, 9.17) is 0 Å². The minimum Gasteiger partial charge on any atom is -0.388 e. The van der Waals surface area contributed by atoms with E-state index in [0.717, 1.165) is 34.1 Å². The van der Waals surface area contributed by atoms with Gasteiger partial charge >= 0.3 is 0 Å². The van der Waals surface area contributed by atoms with Crippen molar-refractivity contribution >= 4 is 15.9 Å². The Kier molecular flexibility index (Phi) is 5.59. The minimum atomic E-state index is -0.521. The molecule has 1 aromatic carbocycles. The molecule has 1 N–H and O–H groups in total. The quantitative estimate of drug-likeness (QED) is 0.827. The lowest BCUT2D eigenvalue weighted by Gasteiger charge is -2.14. The van der Waals surface area contributed by atoms with Gasteiger partial charge in [0.25, 0.3) is 0 Å². The van der Waals surface area contributed by atoms with Gasteiger partial charge in [-0.2, -0.15) is 5.10 Å². The van der Waals surface area contributed by atoms with Crippen LogP contribution in [0.3, 0.4) is 0 Å². The van der Waals surface area contributed by atoms with Crippen LogP contribution in [0.2, 0.25) is 0 Å². The molecule has 1 atom stereocenters. The number of aliphatic hydroxyl groups excluding tert-OH is 1. The van der Waals surface area contributed by atoms with Gasteiger partial charge in [0.2, 0.25) is 0 Å². The predicted octanol–water partition coefficient (Wildman–Crippen LogP) is 4.59. The molecule has 1 unspecified atom stereocenters. The highest BCUT2D eigenvalue weighted by Crippen LogP contribution is 2.26. The van der Waals surface area contributed by atoms with E-state index >= 15 is 0 Å². The zero-order valence-corrected chi connectivity index (χ0v) is 14.5. The highest BCUT2D eigenvalue weighted by molar-refractivity contribution is 9.10. The molecule has 2 aromatic rings. The summed E-state index contributed by atoms with van der Waals surface area (Å²) in [6, 6.07) is 8.38. The molecule has 2 rings (SSSR count). The third-order valence-corrected chi connectivity index (χ3v) is 4.91. The first-order valence-corrected chi connectivity index (χ1v) is 8.33. The third-order valence-electron chi connectivity index (χ3n) is 4.05. The van der Waals surface area contributed by atoms with Crippen LogP contribution in [-0.2, 0) is 6.42 Å². The molecular formula is C17H23BrN2O. The Labute approximate surface area is 135 Å². The van der Waals surface area contributed by atoms with Crippen LogP contribution in [0, 0.1) is 6.92 Å². The van der Waals surface area contributed by atoms with Gasteiger partial charge in [-0.1, -0.05) is 41.9 Å². The topological polar surface area (TPSA) is 38.0 Å². The van der Waals surface area contributed by atoms with Gasteiger partial charge in [-0.05, 0) is 43.0 Å². The number of aliphatic hydroxyl groups is 1. The summed E-state index contributed by atoms with van der Waals surface area (Å²) in [7, 11) is 0. The molecule has 21 heavy (non-hydrogen) atoms. The Balaban J connectivity index is 2.13. The lowest BCUT2D eigenvalue weighted by atomic mass is 10.0. The van der Waals surface area contributed by atoms with Gasteiger partial charge in [0, 0.05) is 17.1 Å². The monoisotopic (exact) mass is 350 g/mol. The van der Waals surface area contributed by atoms with Crippen LogP contribution in [0.25, 0.3) is 0 Å². The largest absolute Gasteiger partial charge is 0.388 e. The van der Waals surface area contributed by atoms with E-state index in [9.17, 15) is 5.11 Å². The first-order chi connectivity index (χ1) is 10.1. The highest BCUT2D eigenvalue weighted by atomic mass is 79.9. The Morgan fingerprint density at radius 3 is 2.62 bits per heavy atom. The molecule has 0 bridgehead atoms.